The zero-order chi connectivity index (χ0) is 26.3. The summed E-state index contributed by atoms with van der Waals surface area (Å²) in [7, 11) is -4.03. The summed E-state index contributed by atoms with van der Waals surface area (Å²) in [5, 5.41) is 0.599. The summed E-state index contributed by atoms with van der Waals surface area (Å²) in [5.41, 5.74) is 4.74. The SMILES string of the molecule is Cc1cc(C(=O)NS(=O)(=O)c2ccc(Br)s2)nc2c1nc(C)n2Cc1ccc(-c2ccccc2)cc1Cl.[NaH]. The van der Waals surface area contributed by atoms with Gasteiger partial charge in [-0.3, -0.25) is 4.79 Å². The van der Waals surface area contributed by atoms with Crippen molar-refractivity contribution < 1.29 is 13.2 Å². The number of halogens is 2. The van der Waals surface area contributed by atoms with Crippen LogP contribution in [0.1, 0.15) is 27.4 Å². The van der Waals surface area contributed by atoms with Crippen molar-refractivity contribution in [2.24, 2.45) is 0 Å². The summed E-state index contributed by atoms with van der Waals surface area (Å²) < 4.78 is 30.0. The topological polar surface area (TPSA) is 93.9 Å². The molecule has 7 nitrogen and oxygen atoms in total. The number of aryl methyl sites for hydroxylation is 2. The van der Waals surface area contributed by atoms with Crippen molar-refractivity contribution >= 4 is 95.5 Å². The van der Waals surface area contributed by atoms with E-state index in [0.717, 1.165) is 28.0 Å². The zero-order valence-electron chi connectivity index (χ0n) is 19.7. The Balaban J connectivity index is 0.00000336. The van der Waals surface area contributed by atoms with Gasteiger partial charge in [-0.05, 0) is 76.3 Å². The number of nitrogens with zero attached hydrogens (tertiary/aromatic N) is 3. The average Bonchev–Trinajstić information content (AvgIpc) is 3.44. The van der Waals surface area contributed by atoms with Gasteiger partial charge in [0.25, 0.3) is 15.9 Å². The monoisotopic (exact) mass is 638 g/mol. The van der Waals surface area contributed by atoms with Crippen LogP contribution in [0.2, 0.25) is 5.02 Å². The fourth-order valence-corrected chi connectivity index (χ4v) is 7.19. The number of pyridine rings is 1. The van der Waals surface area contributed by atoms with E-state index in [0.29, 0.717) is 37.9 Å². The van der Waals surface area contributed by atoms with Crippen LogP contribution in [0.15, 0.2) is 74.7 Å². The molecule has 1 amide bonds. The number of amides is 1. The second-order valence-corrected chi connectivity index (χ2v) is 13.2. The van der Waals surface area contributed by atoms with Crippen LogP contribution in [0.5, 0.6) is 0 Å². The van der Waals surface area contributed by atoms with Gasteiger partial charge in [0.15, 0.2) is 5.65 Å². The molecule has 5 aromatic rings. The maximum atomic E-state index is 12.9. The van der Waals surface area contributed by atoms with Crippen molar-refractivity contribution in [2.75, 3.05) is 0 Å². The Kier molecular flexibility index (Phi) is 8.83. The van der Waals surface area contributed by atoms with Crippen LogP contribution in [0, 0.1) is 13.8 Å². The summed E-state index contributed by atoms with van der Waals surface area (Å²) in [5.74, 6) is -0.118. The molecule has 0 aliphatic heterocycles. The molecule has 1 N–H and O–H groups in total. The fourth-order valence-electron chi connectivity index (χ4n) is 3.98. The molecule has 0 atom stereocenters. The predicted octanol–water partition coefficient (Wildman–Crippen LogP) is 5.71. The molecule has 38 heavy (non-hydrogen) atoms. The van der Waals surface area contributed by atoms with E-state index in [4.69, 9.17) is 11.6 Å². The Morgan fingerprint density at radius 2 is 1.76 bits per heavy atom. The van der Waals surface area contributed by atoms with Crippen molar-refractivity contribution in [3.63, 3.8) is 0 Å². The molecule has 2 aromatic carbocycles. The van der Waals surface area contributed by atoms with Gasteiger partial charge in [0, 0.05) is 5.02 Å². The third kappa shape index (κ3) is 5.91. The number of hydrogen-bond donors (Lipinski definition) is 1. The second-order valence-electron chi connectivity index (χ2n) is 8.41. The van der Waals surface area contributed by atoms with Gasteiger partial charge in [-0.25, -0.2) is 23.1 Å². The molecule has 3 aromatic heterocycles. The molecule has 0 spiro atoms. The molecular formula is C26H21BrClN4NaO3S2. The van der Waals surface area contributed by atoms with Crippen molar-refractivity contribution in [3.8, 4) is 11.1 Å². The molecule has 0 unspecified atom stereocenters. The van der Waals surface area contributed by atoms with Gasteiger partial charge in [-0.1, -0.05) is 54.1 Å². The predicted molar refractivity (Wildman–Crippen MR) is 157 cm³/mol. The summed E-state index contributed by atoms with van der Waals surface area (Å²) in [6, 6.07) is 20.4. The number of sulfonamides is 1. The van der Waals surface area contributed by atoms with Crippen molar-refractivity contribution in [1.82, 2.24) is 19.3 Å². The molecule has 190 valence electrons. The van der Waals surface area contributed by atoms with E-state index in [2.05, 4.69) is 30.6 Å². The number of imidazole rings is 1. The number of thiophene rings is 1. The van der Waals surface area contributed by atoms with E-state index >= 15 is 0 Å². The standard InChI is InChI=1S/C26H20BrClN4O3S2.Na.H/c1-15-12-21(26(33)31-37(34,35)23-11-10-22(27)36-23)30-25-24(15)29-16(2)32(25)14-19-9-8-18(13-20(19)28)17-6-4-3-5-7-17;;/h3-13H,14H2,1-2H3,(H,31,33);;. The van der Waals surface area contributed by atoms with E-state index in [1.54, 1.807) is 6.07 Å². The van der Waals surface area contributed by atoms with Gasteiger partial charge >= 0.3 is 29.6 Å². The van der Waals surface area contributed by atoms with Crippen molar-refractivity contribution in [3.05, 3.63) is 98.2 Å². The third-order valence-corrected chi connectivity index (χ3v) is 9.64. The molecule has 0 bridgehead atoms. The van der Waals surface area contributed by atoms with E-state index in [1.165, 1.54) is 12.1 Å². The van der Waals surface area contributed by atoms with Gasteiger partial charge in [-0.2, -0.15) is 0 Å². The normalized spacial score (nSPS) is 11.4. The number of carbonyl (C=O) groups is 1. The van der Waals surface area contributed by atoms with Crippen LogP contribution in [-0.4, -0.2) is 58.4 Å². The second kappa shape index (κ2) is 11.6. The van der Waals surface area contributed by atoms with Crippen LogP contribution in [0.25, 0.3) is 22.3 Å². The zero-order valence-corrected chi connectivity index (χ0v) is 23.7. The van der Waals surface area contributed by atoms with Gasteiger partial charge in [0.2, 0.25) is 0 Å². The number of nitrogens with one attached hydrogen (secondary N) is 1. The first-order chi connectivity index (χ1) is 17.6. The molecule has 0 radical (unpaired) electrons. The van der Waals surface area contributed by atoms with Crippen LogP contribution in [-0.2, 0) is 16.6 Å². The Labute approximate surface area is 259 Å². The maximum absolute atomic E-state index is 12.9. The summed E-state index contributed by atoms with van der Waals surface area (Å²) >= 11 is 10.9. The first-order valence-corrected chi connectivity index (χ1v) is 14.6. The quantitative estimate of drug-likeness (QED) is 0.240. The number of fused-ring (bicyclic) bond motifs is 1. The first kappa shape index (κ1) is 28.9. The van der Waals surface area contributed by atoms with Crippen LogP contribution in [0.4, 0.5) is 0 Å². The Hall–Kier alpha value is -2.05. The molecule has 3 heterocycles. The van der Waals surface area contributed by atoms with E-state index in [9.17, 15) is 13.2 Å². The Morgan fingerprint density at radius 1 is 1.03 bits per heavy atom. The molecule has 0 aliphatic rings. The Bertz CT molecular complexity index is 1770. The number of rotatable bonds is 6. The number of hydrogen-bond acceptors (Lipinski definition) is 6. The van der Waals surface area contributed by atoms with Crippen LogP contribution >= 0.6 is 38.9 Å². The molecule has 0 saturated heterocycles. The van der Waals surface area contributed by atoms with Crippen molar-refractivity contribution in [2.45, 2.75) is 24.6 Å². The van der Waals surface area contributed by atoms with E-state index in [1.807, 2.05) is 66.9 Å². The first-order valence-electron chi connectivity index (χ1n) is 11.1. The third-order valence-electron chi connectivity index (χ3n) is 5.85. The van der Waals surface area contributed by atoms with E-state index < -0.39 is 15.9 Å². The molecule has 0 fully saturated rings. The fraction of sp³-hybridized carbons (Fsp3) is 0.115. The summed E-state index contributed by atoms with van der Waals surface area (Å²) in [6.07, 6.45) is 0. The van der Waals surface area contributed by atoms with Gasteiger partial charge in [0.1, 0.15) is 21.2 Å². The number of benzene rings is 2. The van der Waals surface area contributed by atoms with E-state index in [-0.39, 0.29) is 39.5 Å². The minimum absolute atomic E-state index is 0. The number of aromatic nitrogens is 3. The molecule has 12 heteroatoms. The molecule has 0 saturated carbocycles. The van der Waals surface area contributed by atoms with Gasteiger partial charge < -0.3 is 4.57 Å². The van der Waals surface area contributed by atoms with Crippen LogP contribution in [0.3, 0.4) is 0 Å². The van der Waals surface area contributed by atoms with Gasteiger partial charge in [-0.15, -0.1) is 11.3 Å². The summed E-state index contributed by atoms with van der Waals surface area (Å²) in [6.45, 7) is 4.05. The Morgan fingerprint density at radius 3 is 2.42 bits per heavy atom. The van der Waals surface area contributed by atoms with Crippen molar-refractivity contribution in [1.29, 1.82) is 0 Å². The van der Waals surface area contributed by atoms with Crippen LogP contribution < -0.4 is 4.72 Å². The summed E-state index contributed by atoms with van der Waals surface area (Å²) in [4.78, 5) is 22.1. The minimum atomic E-state index is -4.03. The molecule has 0 aliphatic carbocycles. The van der Waals surface area contributed by atoms with Gasteiger partial charge in [0.05, 0.1) is 10.3 Å². The number of carbonyl (C=O) groups excluding carboxylic acids is 1. The molecular weight excluding hydrogens is 619 g/mol. The average molecular weight is 640 g/mol. The molecule has 5 rings (SSSR count).